The molecule has 0 unspecified atom stereocenters. The van der Waals surface area contributed by atoms with E-state index in [1.54, 1.807) is 6.92 Å². The van der Waals surface area contributed by atoms with Crippen LogP contribution in [0.2, 0.25) is 0 Å². The molecule has 120 valence electrons. The molecule has 0 saturated carbocycles. The Morgan fingerprint density at radius 1 is 0.909 bits per heavy atom. The number of hydrogen-bond acceptors (Lipinski definition) is 5. The number of hydrogen-bond donors (Lipinski definition) is 3. The first kappa shape index (κ1) is 17.2. The lowest BCUT2D eigenvalue weighted by atomic mass is 10.1. The first-order chi connectivity index (χ1) is 10.3. The maximum absolute atomic E-state index is 12.0. The van der Waals surface area contributed by atoms with Crippen molar-refractivity contribution >= 4 is 23.9 Å². The number of carbonyl (C=O) groups is 4. The number of carboxylic acids is 3. The summed E-state index contributed by atoms with van der Waals surface area (Å²) in [7, 11) is 0. The quantitative estimate of drug-likeness (QED) is 0.636. The van der Waals surface area contributed by atoms with E-state index >= 15 is 0 Å². The predicted molar refractivity (Wildman–Crippen MR) is 71.6 cm³/mol. The maximum atomic E-state index is 12.0. The fraction of sp³-hybridized carbons (Fsp3) is 0.385. The van der Waals surface area contributed by atoms with E-state index in [1.807, 2.05) is 0 Å². The highest BCUT2D eigenvalue weighted by Crippen LogP contribution is 2.25. The van der Waals surface area contributed by atoms with E-state index in [0.717, 1.165) is 4.57 Å². The van der Waals surface area contributed by atoms with E-state index in [4.69, 9.17) is 9.84 Å². The van der Waals surface area contributed by atoms with Gasteiger partial charge in [-0.15, -0.1) is 0 Å². The molecule has 0 aliphatic rings. The third kappa shape index (κ3) is 2.92. The number of carboxylic acid groups (broad SMARTS) is 3. The van der Waals surface area contributed by atoms with Crippen molar-refractivity contribution < 1.29 is 39.2 Å². The summed E-state index contributed by atoms with van der Waals surface area (Å²) >= 11 is 0. The number of aromatic carboxylic acids is 3. The fourth-order valence-electron chi connectivity index (χ4n) is 2.12. The third-order valence-corrected chi connectivity index (χ3v) is 2.81. The normalized spacial score (nSPS) is 10.3. The summed E-state index contributed by atoms with van der Waals surface area (Å²) < 4.78 is 5.59. The second-order valence-corrected chi connectivity index (χ2v) is 4.23. The van der Waals surface area contributed by atoms with E-state index in [1.165, 1.54) is 6.92 Å². The number of ether oxygens (including phenoxy) is 1. The number of carbonyl (C=O) groups excluding carboxylic acids is 1. The van der Waals surface area contributed by atoms with Crippen LogP contribution in [0.1, 0.15) is 62.0 Å². The molecule has 22 heavy (non-hydrogen) atoms. The van der Waals surface area contributed by atoms with Crippen molar-refractivity contribution in [2.75, 3.05) is 6.61 Å². The minimum Gasteiger partial charge on any atom is -0.478 e. The zero-order valence-corrected chi connectivity index (χ0v) is 12.0. The lowest BCUT2D eigenvalue weighted by Gasteiger charge is -2.10. The molecule has 1 rings (SSSR count). The molecule has 1 aromatic heterocycles. The molecule has 0 amide bonds. The Hall–Kier alpha value is -2.84. The molecule has 0 bridgehead atoms. The first-order valence-corrected chi connectivity index (χ1v) is 6.41. The van der Waals surface area contributed by atoms with E-state index in [-0.39, 0.29) is 13.2 Å². The number of esters is 1. The van der Waals surface area contributed by atoms with Crippen LogP contribution in [0.5, 0.6) is 0 Å². The van der Waals surface area contributed by atoms with Gasteiger partial charge in [0.05, 0.1) is 6.61 Å². The summed E-state index contributed by atoms with van der Waals surface area (Å²) in [5.74, 6) is -6.17. The van der Waals surface area contributed by atoms with Gasteiger partial charge in [-0.1, -0.05) is 6.92 Å². The second kappa shape index (κ2) is 6.74. The Bertz CT molecular complexity index is 643. The van der Waals surface area contributed by atoms with Crippen LogP contribution in [0.4, 0.5) is 0 Å². The highest BCUT2D eigenvalue weighted by molar-refractivity contribution is 6.14. The van der Waals surface area contributed by atoms with E-state index in [0.29, 0.717) is 6.42 Å². The second-order valence-electron chi connectivity index (χ2n) is 4.23. The maximum Gasteiger partial charge on any atom is 0.355 e. The topological polar surface area (TPSA) is 143 Å². The van der Waals surface area contributed by atoms with Crippen LogP contribution in [0.15, 0.2) is 0 Å². The van der Waals surface area contributed by atoms with Crippen molar-refractivity contribution in [3.8, 4) is 0 Å². The van der Waals surface area contributed by atoms with Crippen molar-refractivity contribution in [2.45, 2.75) is 26.8 Å². The van der Waals surface area contributed by atoms with Crippen molar-refractivity contribution in [1.82, 2.24) is 4.57 Å². The van der Waals surface area contributed by atoms with Gasteiger partial charge in [0.2, 0.25) is 0 Å². The molecule has 1 aromatic rings. The molecule has 1 heterocycles. The van der Waals surface area contributed by atoms with Crippen LogP contribution < -0.4 is 0 Å². The highest BCUT2D eigenvalue weighted by atomic mass is 16.5. The Morgan fingerprint density at radius 3 is 1.77 bits per heavy atom. The van der Waals surface area contributed by atoms with E-state index in [9.17, 15) is 29.4 Å². The van der Waals surface area contributed by atoms with E-state index in [2.05, 4.69) is 0 Å². The Kier molecular flexibility index (Phi) is 5.28. The molecular formula is C13H15NO8. The Balaban J connectivity index is 3.88. The summed E-state index contributed by atoms with van der Waals surface area (Å²) in [5, 5.41) is 27.6. The standard InChI is InChI=1S/C13H15NO8/c1-3-5-14-8(12(19)20)6(10(15)16)7(11(17)18)9(14)13(21)22-4-2/h3-5H2,1-2H3,(H,15,16)(H,17,18)(H,19,20). The summed E-state index contributed by atoms with van der Waals surface area (Å²) in [6.45, 7) is 3.05. The minimum atomic E-state index is -1.74. The Morgan fingerprint density at radius 2 is 1.41 bits per heavy atom. The molecule has 0 aliphatic carbocycles. The number of nitrogens with zero attached hydrogens (tertiary/aromatic N) is 1. The summed E-state index contributed by atoms with van der Waals surface area (Å²) in [4.78, 5) is 46.0. The lowest BCUT2D eigenvalue weighted by Crippen LogP contribution is -2.18. The van der Waals surface area contributed by atoms with Gasteiger partial charge < -0.3 is 24.6 Å². The van der Waals surface area contributed by atoms with Crippen LogP contribution in [0, 0.1) is 0 Å². The van der Waals surface area contributed by atoms with Crippen molar-refractivity contribution in [1.29, 1.82) is 0 Å². The molecule has 0 aliphatic heterocycles. The molecule has 0 aromatic carbocycles. The fourth-order valence-corrected chi connectivity index (χ4v) is 2.12. The number of rotatable bonds is 7. The van der Waals surface area contributed by atoms with Crippen molar-refractivity contribution in [3.63, 3.8) is 0 Å². The number of aromatic nitrogens is 1. The zero-order valence-electron chi connectivity index (χ0n) is 12.0. The van der Waals surface area contributed by atoms with Crippen LogP contribution in [0.25, 0.3) is 0 Å². The summed E-state index contributed by atoms with van der Waals surface area (Å²) in [6, 6.07) is 0. The summed E-state index contributed by atoms with van der Waals surface area (Å²) in [6.07, 6.45) is 0.361. The molecule has 0 saturated heterocycles. The molecule has 0 radical (unpaired) electrons. The SMILES string of the molecule is CCCn1c(C(=O)O)c(C(=O)O)c(C(=O)O)c1C(=O)OCC. The van der Waals surface area contributed by atoms with Gasteiger partial charge in [0.15, 0.2) is 0 Å². The predicted octanol–water partition coefficient (Wildman–Crippen LogP) is 1.17. The molecule has 0 atom stereocenters. The third-order valence-electron chi connectivity index (χ3n) is 2.81. The average molecular weight is 313 g/mol. The molecule has 3 N–H and O–H groups in total. The molecule has 9 heteroatoms. The van der Waals surface area contributed by atoms with Gasteiger partial charge in [-0.3, -0.25) is 0 Å². The van der Waals surface area contributed by atoms with E-state index < -0.39 is 46.4 Å². The van der Waals surface area contributed by atoms with Crippen molar-refractivity contribution in [3.05, 3.63) is 22.5 Å². The summed E-state index contributed by atoms with van der Waals surface area (Å²) in [5.41, 5.74) is -3.14. The van der Waals surface area contributed by atoms with Gasteiger partial charge in [-0.05, 0) is 13.3 Å². The Labute approximate surface area is 124 Å². The molecule has 9 nitrogen and oxygen atoms in total. The van der Waals surface area contributed by atoms with Crippen LogP contribution in [-0.2, 0) is 11.3 Å². The van der Waals surface area contributed by atoms with Crippen LogP contribution in [0.3, 0.4) is 0 Å². The molecular weight excluding hydrogens is 298 g/mol. The van der Waals surface area contributed by atoms with Gasteiger partial charge in [-0.2, -0.15) is 0 Å². The molecule has 0 spiro atoms. The van der Waals surface area contributed by atoms with Gasteiger partial charge in [-0.25, -0.2) is 19.2 Å². The van der Waals surface area contributed by atoms with Gasteiger partial charge in [0, 0.05) is 6.54 Å². The lowest BCUT2D eigenvalue weighted by molar-refractivity contribution is 0.0501. The zero-order chi connectivity index (χ0) is 17.0. The van der Waals surface area contributed by atoms with Gasteiger partial charge in [0.1, 0.15) is 22.5 Å². The minimum absolute atomic E-state index is 0.0384. The molecule has 0 fully saturated rings. The highest BCUT2D eigenvalue weighted by Gasteiger charge is 2.37. The van der Waals surface area contributed by atoms with Gasteiger partial charge in [0.25, 0.3) is 0 Å². The largest absolute Gasteiger partial charge is 0.478 e. The average Bonchev–Trinajstić information content (AvgIpc) is 2.75. The first-order valence-electron chi connectivity index (χ1n) is 6.41. The van der Waals surface area contributed by atoms with Crippen molar-refractivity contribution in [2.24, 2.45) is 0 Å². The van der Waals surface area contributed by atoms with Gasteiger partial charge >= 0.3 is 23.9 Å². The van der Waals surface area contributed by atoms with Crippen LogP contribution >= 0.6 is 0 Å². The monoisotopic (exact) mass is 313 g/mol. The smallest absolute Gasteiger partial charge is 0.355 e. The van der Waals surface area contributed by atoms with Crippen LogP contribution in [-0.4, -0.2) is 50.4 Å².